The van der Waals surface area contributed by atoms with Crippen LogP contribution in [-0.2, 0) is 11.2 Å². The van der Waals surface area contributed by atoms with Crippen molar-refractivity contribution >= 4 is 11.6 Å². The predicted octanol–water partition coefficient (Wildman–Crippen LogP) is 4.38. The fourth-order valence-electron chi connectivity index (χ4n) is 2.67. The molecule has 0 saturated heterocycles. The molecule has 2 aromatic rings. The van der Waals surface area contributed by atoms with Crippen molar-refractivity contribution < 1.29 is 4.79 Å². The summed E-state index contributed by atoms with van der Waals surface area (Å²) in [5, 5.41) is 15.2. The van der Waals surface area contributed by atoms with Crippen LogP contribution >= 0.6 is 0 Å². The van der Waals surface area contributed by atoms with E-state index in [1.807, 2.05) is 48.5 Å². The van der Waals surface area contributed by atoms with Gasteiger partial charge in [-0.25, -0.2) is 0 Å². The Morgan fingerprint density at radius 3 is 2.50 bits per heavy atom. The summed E-state index contributed by atoms with van der Waals surface area (Å²) in [6, 6.07) is 19.9. The lowest BCUT2D eigenvalue weighted by molar-refractivity contribution is -0.112. The highest BCUT2D eigenvalue weighted by molar-refractivity contribution is 6.06. The number of aryl methyl sites for hydroxylation is 1. The first-order valence-corrected chi connectivity index (χ1v) is 8.89. The van der Waals surface area contributed by atoms with Gasteiger partial charge >= 0.3 is 0 Å². The monoisotopic (exact) mass is 347 g/mol. The number of nitriles is 1. The molecule has 0 spiro atoms. The molecule has 0 aromatic heterocycles. The first-order valence-electron chi connectivity index (χ1n) is 8.89. The van der Waals surface area contributed by atoms with Crippen LogP contribution in [0.3, 0.4) is 0 Å². The van der Waals surface area contributed by atoms with Gasteiger partial charge in [-0.1, -0.05) is 62.4 Å². The average Bonchev–Trinajstić information content (AvgIpc) is 2.65. The van der Waals surface area contributed by atoms with Gasteiger partial charge in [0.1, 0.15) is 11.6 Å². The first-order chi connectivity index (χ1) is 12.6. The van der Waals surface area contributed by atoms with Crippen molar-refractivity contribution in [1.29, 1.82) is 5.26 Å². The highest BCUT2D eigenvalue weighted by Gasteiger charge is 2.12. The maximum Gasteiger partial charge on any atom is 0.267 e. The number of para-hydroxylation sites is 1. The summed E-state index contributed by atoms with van der Waals surface area (Å²) in [4.78, 5) is 12.4. The minimum atomic E-state index is -0.392. The number of amides is 1. The van der Waals surface area contributed by atoms with Gasteiger partial charge in [0.25, 0.3) is 5.91 Å². The standard InChI is InChI=1S/C22H25N3O/c1-17(2)20-12-6-7-13-21(20)25-22(26)19(15-23)16-24-14-8-11-18-9-4-3-5-10-18/h3-7,9-10,12-13,16-17,24H,8,11,14H2,1-2H3,(H,25,26)/b19-16-. The minimum Gasteiger partial charge on any atom is -0.390 e. The van der Waals surface area contributed by atoms with Crippen LogP contribution in [0.1, 0.15) is 37.3 Å². The summed E-state index contributed by atoms with van der Waals surface area (Å²) in [7, 11) is 0. The molecule has 0 atom stereocenters. The van der Waals surface area contributed by atoms with E-state index in [-0.39, 0.29) is 11.5 Å². The van der Waals surface area contributed by atoms with Crippen LogP contribution in [0, 0.1) is 11.3 Å². The smallest absolute Gasteiger partial charge is 0.267 e. The van der Waals surface area contributed by atoms with Crippen molar-refractivity contribution in [1.82, 2.24) is 5.32 Å². The van der Waals surface area contributed by atoms with Crippen molar-refractivity contribution in [3.05, 3.63) is 77.5 Å². The number of carbonyl (C=O) groups excluding carboxylic acids is 1. The van der Waals surface area contributed by atoms with Crippen LogP contribution in [-0.4, -0.2) is 12.5 Å². The van der Waals surface area contributed by atoms with E-state index in [0.717, 1.165) is 24.1 Å². The zero-order valence-corrected chi connectivity index (χ0v) is 15.3. The Balaban J connectivity index is 1.88. The molecule has 0 fully saturated rings. The summed E-state index contributed by atoms with van der Waals surface area (Å²) in [5.41, 5.74) is 3.15. The normalized spacial score (nSPS) is 11.1. The lowest BCUT2D eigenvalue weighted by Crippen LogP contribution is -2.18. The highest BCUT2D eigenvalue weighted by Crippen LogP contribution is 2.23. The summed E-state index contributed by atoms with van der Waals surface area (Å²) < 4.78 is 0. The molecular weight excluding hydrogens is 322 g/mol. The summed E-state index contributed by atoms with van der Waals surface area (Å²) in [5.74, 6) is -0.103. The van der Waals surface area contributed by atoms with E-state index in [0.29, 0.717) is 6.54 Å². The number of anilines is 1. The molecule has 4 heteroatoms. The molecule has 134 valence electrons. The third-order valence-corrected chi connectivity index (χ3v) is 4.07. The topological polar surface area (TPSA) is 64.9 Å². The van der Waals surface area contributed by atoms with Crippen molar-refractivity contribution in [3.8, 4) is 6.07 Å². The molecule has 2 rings (SSSR count). The minimum absolute atomic E-state index is 0.0725. The number of carbonyl (C=O) groups is 1. The van der Waals surface area contributed by atoms with Crippen LogP contribution in [0.15, 0.2) is 66.4 Å². The van der Waals surface area contributed by atoms with Crippen molar-refractivity contribution in [2.45, 2.75) is 32.6 Å². The zero-order valence-electron chi connectivity index (χ0n) is 15.3. The number of benzene rings is 2. The molecule has 0 unspecified atom stereocenters. The maximum absolute atomic E-state index is 12.4. The van der Waals surface area contributed by atoms with E-state index in [2.05, 4.69) is 36.6 Å². The lowest BCUT2D eigenvalue weighted by Gasteiger charge is -2.13. The van der Waals surface area contributed by atoms with Gasteiger partial charge in [-0.2, -0.15) is 5.26 Å². The van der Waals surface area contributed by atoms with E-state index in [4.69, 9.17) is 0 Å². The Morgan fingerprint density at radius 1 is 1.12 bits per heavy atom. The number of nitrogens with zero attached hydrogens (tertiary/aromatic N) is 1. The fourth-order valence-corrected chi connectivity index (χ4v) is 2.67. The van der Waals surface area contributed by atoms with E-state index in [9.17, 15) is 10.1 Å². The molecule has 0 aliphatic carbocycles. The molecule has 4 nitrogen and oxygen atoms in total. The molecule has 26 heavy (non-hydrogen) atoms. The third kappa shape index (κ3) is 5.78. The Bertz CT molecular complexity index is 789. The maximum atomic E-state index is 12.4. The summed E-state index contributed by atoms with van der Waals surface area (Å²) in [6.07, 6.45) is 3.38. The van der Waals surface area contributed by atoms with Crippen molar-refractivity contribution in [2.24, 2.45) is 0 Å². The Hall–Kier alpha value is -3.06. The van der Waals surface area contributed by atoms with Gasteiger partial charge in [-0.05, 0) is 36.0 Å². The van der Waals surface area contributed by atoms with Crippen molar-refractivity contribution in [2.75, 3.05) is 11.9 Å². The van der Waals surface area contributed by atoms with Gasteiger partial charge in [0.15, 0.2) is 0 Å². The van der Waals surface area contributed by atoms with Crippen LogP contribution in [0.5, 0.6) is 0 Å². The van der Waals surface area contributed by atoms with Gasteiger partial charge in [0.2, 0.25) is 0 Å². The van der Waals surface area contributed by atoms with Gasteiger partial charge < -0.3 is 10.6 Å². The zero-order chi connectivity index (χ0) is 18.8. The molecular formula is C22H25N3O. The summed E-state index contributed by atoms with van der Waals surface area (Å²) in [6.45, 7) is 4.84. The Morgan fingerprint density at radius 2 is 1.81 bits per heavy atom. The molecule has 0 aliphatic heterocycles. The number of hydrogen-bond acceptors (Lipinski definition) is 3. The quantitative estimate of drug-likeness (QED) is 0.423. The van der Waals surface area contributed by atoms with Crippen molar-refractivity contribution in [3.63, 3.8) is 0 Å². The Kier molecular flexibility index (Phi) is 7.45. The first kappa shape index (κ1) is 19.3. The molecule has 0 aliphatic rings. The fraction of sp³-hybridized carbons (Fsp3) is 0.273. The Labute approximate surface area is 155 Å². The van der Waals surface area contributed by atoms with E-state index in [1.54, 1.807) is 0 Å². The number of hydrogen-bond donors (Lipinski definition) is 2. The molecule has 1 amide bonds. The van der Waals surface area contributed by atoms with Gasteiger partial charge in [-0.15, -0.1) is 0 Å². The SMILES string of the molecule is CC(C)c1ccccc1NC(=O)/C(C#N)=C\NCCCc1ccccc1. The largest absolute Gasteiger partial charge is 0.390 e. The molecule has 0 bridgehead atoms. The summed E-state index contributed by atoms with van der Waals surface area (Å²) >= 11 is 0. The molecule has 2 aromatic carbocycles. The van der Waals surface area contributed by atoms with Crippen LogP contribution in [0.25, 0.3) is 0 Å². The van der Waals surface area contributed by atoms with E-state index < -0.39 is 5.91 Å². The molecule has 0 heterocycles. The van der Waals surface area contributed by atoms with Gasteiger partial charge in [0.05, 0.1) is 0 Å². The highest BCUT2D eigenvalue weighted by atomic mass is 16.1. The molecule has 2 N–H and O–H groups in total. The third-order valence-electron chi connectivity index (χ3n) is 4.07. The second kappa shape index (κ2) is 10.0. The van der Waals surface area contributed by atoms with E-state index >= 15 is 0 Å². The molecule has 0 radical (unpaired) electrons. The van der Waals surface area contributed by atoms with Crippen LogP contribution < -0.4 is 10.6 Å². The van der Waals surface area contributed by atoms with Crippen LogP contribution in [0.2, 0.25) is 0 Å². The van der Waals surface area contributed by atoms with Crippen LogP contribution in [0.4, 0.5) is 5.69 Å². The van der Waals surface area contributed by atoms with Gasteiger partial charge in [0, 0.05) is 18.4 Å². The predicted molar refractivity (Wildman–Crippen MR) is 106 cm³/mol. The molecule has 0 saturated carbocycles. The second-order valence-electron chi connectivity index (χ2n) is 6.41. The second-order valence-corrected chi connectivity index (χ2v) is 6.41. The van der Waals surface area contributed by atoms with E-state index in [1.165, 1.54) is 11.8 Å². The number of rotatable bonds is 8. The van der Waals surface area contributed by atoms with Gasteiger partial charge in [-0.3, -0.25) is 4.79 Å². The lowest BCUT2D eigenvalue weighted by atomic mass is 10.0. The number of nitrogens with one attached hydrogen (secondary N) is 2. The average molecular weight is 347 g/mol.